The molecule has 1 aromatic heterocycles. The van der Waals surface area contributed by atoms with Crippen LogP contribution in [0.25, 0.3) is 83.1 Å². The van der Waals surface area contributed by atoms with Crippen molar-refractivity contribution in [1.82, 2.24) is 4.57 Å². The fourth-order valence-corrected chi connectivity index (χ4v) is 7.36. The zero-order chi connectivity index (χ0) is 63.9. The molecular weight excluding hydrogens is 749 g/mol. The highest BCUT2D eigenvalue weighted by molar-refractivity contribution is 6.11. The van der Waals surface area contributed by atoms with Gasteiger partial charge in [-0.05, 0) is 105 Å². The highest BCUT2D eigenvalue weighted by Crippen LogP contribution is 2.44. The molecule has 0 spiro atoms. The second-order valence-corrected chi connectivity index (χ2v) is 13.7. The van der Waals surface area contributed by atoms with Gasteiger partial charge in [0.2, 0.25) is 0 Å². The van der Waals surface area contributed by atoms with Crippen LogP contribution < -0.4 is 4.90 Å². The van der Waals surface area contributed by atoms with E-state index < -0.39 is 208 Å². The van der Waals surface area contributed by atoms with Crippen LogP contribution in [-0.4, -0.2) is 4.57 Å². The Kier molecular flexibility index (Phi) is 4.83. The molecule has 0 N–H and O–H groups in total. The first-order valence-electron chi connectivity index (χ1n) is 32.1. The van der Waals surface area contributed by atoms with Crippen LogP contribution in [0.3, 0.4) is 0 Å². The fraction of sp³-hybridized carbons (Fsp3) is 0. The number of para-hydroxylation sites is 2. The van der Waals surface area contributed by atoms with Crippen molar-refractivity contribution in [3.05, 3.63) is 254 Å². The van der Waals surface area contributed by atoms with Crippen LogP contribution in [0.2, 0.25) is 0 Å². The number of nitrogens with zero attached hydrogens (tertiary/aromatic N) is 2. The SMILES string of the molecule is [2H]c1c([2H])c([2H])c(-c2c([2H])c([2H])c(N(c3c([2H])c([2H])c(-c4ccc5c(c4)c4ccccc4n5-c4ccccc4-c4ccccc4)c([2H])c3[2H])c3c([2H])c([2H])c(-c4c([2H])c([2H])c([2H])c([2H])c4[2H])c([2H])c3-c3c([2H])c([2H])c([2H])c([2H])c3[2H])c([2H])c2[2H])c([2H])c1[2H]. The van der Waals surface area contributed by atoms with Crippen molar-refractivity contribution < 1.29 is 35.6 Å². The second kappa shape index (κ2) is 16.1. The molecule has 0 unspecified atom stereocenters. The molecular formula is C60H42N2. The van der Waals surface area contributed by atoms with Gasteiger partial charge in [-0.15, -0.1) is 0 Å². The minimum Gasteiger partial charge on any atom is -0.310 e. The molecule has 11 rings (SSSR count). The van der Waals surface area contributed by atoms with Crippen molar-refractivity contribution in [2.75, 3.05) is 4.90 Å². The predicted molar refractivity (Wildman–Crippen MR) is 263 cm³/mol. The van der Waals surface area contributed by atoms with Crippen molar-refractivity contribution in [2.24, 2.45) is 0 Å². The number of benzene rings is 10. The zero-order valence-electron chi connectivity index (χ0n) is 58.1. The van der Waals surface area contributed by atoms with Crippen molar-refractivity contribution in [3.63, 3.8) is 0 Å². The van der Waals surface area contributed by atoms with E-state index in [1.54, 1.807) is 18.2 Å². The quantitative estimate of drug-likeness (QED) is 0.141. The van der Waals surface area contributed by atoms with Gasteiger partial charge in [0.05, 0.1) is 58.0 Å². The van der Waals surface area contributed by atoms with E-state index in [2.05, 4.69) is 0 Å². The van der Waals surface area contributed by atoms with Crippen LogP contribution in [0.5, 0.6) is 0 Å². The van der Waals surface area contributed by atoms with Crippen molar-refractivity contribution in [1.29, 1.82) is 0 Å². The molecule has 0 bridgehead atoms. The third-order valence-electron chi connectivity index (χ3n) is 10.1. The summed E-state index contributed by atoms with van der Waals surface area (Å²) in [5.74, 6) is 0. The first kappa shape index (κ1) is 18.6. The number of aromatic nitrogens is 1. The third-order valence-corrected chi connectivity index (χ3v) is 10.1. The monoisotopic (exact) mass is 816 g/mol. The number of anilines is 3. The maximum Gasteiger partial charge on any atom is 0.0645 e. The largest absolute Gasteiger partial charge is 0.310 e. The number of fused-ring (bicyclic) bond motifs is 3. The van der Waals surface area contributed by atoms with Crippen LogP contribution in [0.15, 0.2) is 254 Å². The average molecular weight is 817 g/mol. The molecule has 1 heterocycles. The van der Waals surface area contributed by atoms with Gasteiger partial charge in [-0.25, -0.2) is 0 Å². The average Bonchev–Trinajstić information content (AvgIpc) is 1.00. The summed E-state index contributed by atoms with van der Waals surface area (Å²) < 4.78 is 240. The molecule has 0 aliphatic carbocycles. The Morgan fingerprint density at radius 3 is 1.53 bits per heavy atom. The van der Waals surface area contributed by atoms with E-state index >= 15 is 0 Å². The molecule has 0 aliphatic heterocycles. The van der Waals surface area contributed by atoms with Gasteiger partial charge in [0.25, 0.3) is 0 Å². The van der Waals surface area contributed by atoms with Crippen LogP contribution in [0, 0.1) is 0 Å². The first-order chi connectivity index (χ1) is 41.6. The zero-order valence-corrected chi connectivity index (χ0v) is 32.1. The van der Waals surface area contributed by atoms with E-state index in [9.17, 15) is 17.8 Å². The second-order valence-electron chi connectivity index (χ2n) is 13.7. The molecule has 0 amide bonds. The Labute approximate surface area is 399 Å². The Hall–Kier alpha value is -8.20. The van der Waals surface area contributed by atoms with Gasteiger partial charge in [0.15, 0.2) is 0 Å². The Morgan fingerprint density at radius 1 is 0.339 bits per heavy atom. The van der Waals surface area contributed by atoms with Gasteiger partial charge >= 0.3 is 0 Å². The highest BCUT2D eigenvalue weighted by Gasteiger charge is 2.20. The Balaban J connectivity index is 1.28. The van der Waals surface area contributed by atoms with Gasteiger partial charge in [-0.1, -0.05) is 194 Å². The predicted octanol–water partition coefficient (Wildman–Crippen LogP) is 16.6. The minimum atomic E-state index is -1.28. The van der Waals surface area contributed by atoms with E-state index in [1.165, 1.54) is 0 Å². The first-order valence-corrected chi connectivity index (χ1v) is 19.1. The van der Waals surface area contributed by atoms with Crippen molar-refractivity contribution in [2.45, 2.75) is 0 Å². The van der Waals surface area contributed by atoms with Gasteiger partial charge in [-0.2, -0.15) is 0 Å². The summed E-state index contributed by atoms with van der Waals surface area (Å²) in [5, 5.41) is 1.33. The lowest BCUT2D eigenvalue weighted by atomic mass is 9.96. The maximum absolute atomic E-state index is 9.98. The van der Waals surface area contributed by atoms with Crippen LogP contribution in [0.4, 0.5) is 17.1 Å². The number of hydrogen-bond donors (Lipinski definition) is 0. The smallest absolute Gasteiger partial charge is 0.0645 e. The number of rotatable bonds is 9. The van der Waals surface area contributed by atoms with E-state index in [4.69, 9.17) is 17.8 Å². The van der Waals surface area contributed by atoms with E-state index in [0.717, 1.165) is 27.7 Å². The van der Waals surface area contributed by atoms with Crippen molar-refractivity contribution in [3.8, 4) is 61.3 Å². The molecule has 2 heteroatoms. The van der Waals surface area contributed by atoms with E-state index in [-0.39, 0.29) is 11.1 Å². The summed E-state index contributed by atoms with van der Waals surface area (Å²) in [6.07, 6.45) is 0. The normalized spacial score (nSPS) is 17.1. The standard InChI is InChI=1S/C60H42N2/c1-5-17-43(18-6-1)45-29-35-51(36-30-45)61(59-39-33-49(44-19-7-2-8-20-44)41-55(59)48-23-11-4-12-24-48)52-37-31-46(32-38-52)50-34-40-60-56(42-50)54-26-14-16-28-58(54)62(60)57-27-15-13-25-53(57)47-21-9-3-10-22-47/h1-42H/i1D,2D,4D,5D,6D,7D,8D,11D,12D,17D,18D,19D,20D,23D,24D,29D,30D,31D,32D,33D,35D,36D,37D,38D,39D,41D. The molecule has 0 saturated carbocycles. The molecule has 11 aromatic rings. The van der Waals surface area contributed by atoms with Crippen LogP contribution in [0.1, 0.15) is 35.6 Å². The molecule has 62 heavy (non-hydrogen) atoms. The van der Waals surface area contributed by atoms with Gasteiger partial charge in [0.1, 0.15) is 0 Å². The van der Waals surface area contributed by atoms with Crippen LogP contribution in [-0.2, 0) is 0 Å². The summed E-state index contributed by atoms with van der Waals surface area (Å²) in [6.45, 7) is 0. The summed E-state index contributed by atoms with van der Waals surface area (Å²) in [4.78, 5) is 0.429. The molecule has 0 fully saturated rings. The molecule has 0 atom stereocenters. The summed E-state index contributed by atoms with van der Waals surface area (Å²) >= 11 is 0. The molecule has 0 radical (unpaired) electrons. The van der Waals surface area contributed by atoms with E-state index in [0.29, 0.717) is 15.8 Å². The number of hydrogen-bond acceptors (Lipinski definition) is 1. The molecule has 292 valence electrons. The molecule has 0 saturated heterocycles. The lowest BCUT2D eigenvalue weighted by Crippen LogP contribution is -2.11. The Bertz CT molecular complexity index is 4740. The van der Waals surface area contributed by atoms with Crippen LogP contribution >= 0.6 is 0 Å². The molecule has 10 aromatic carbocycles. The minimum absolute atomic E-state index is 0.125. The molecule has 2 nitrogen and oxygen atoms in total. The fourth-order valence-electron chi connectivity index (χ4n) is 7.36. The van der Waals surface area contributed by atoms with Crippen molar-refractivity contribution >= 4 is 38.9 Å². The van der Waals surface area contributed by atoms with Gasteiger partial charge < -0.3 is 9.47 Å². The summed E-state index contributed by atoms with van der Waals surface area (Å²) in [7, 11) is 0. The van der Waals surface area contributed by atoms with E-state index in [1.807, 2.05) is 83.4 Å². The van der Waals surface area contributed by atoms with Gasteiger partial charge in [0, 0.05) is 33.3 Å². The lowest BCUT2D eigenvalue weighted by molar-refractivity contribution is 1.18. The topological polar surface area (TPSA) is 8.17 Å². The summed E-state index contributed by atoms with van der Waals surface area (Å²) in [6, 6.07) is 2.81. The third kappa shape index (κ3) is 6.84. The van der Waals surface area contributed by atoms with Gasteiger partial charge in [-0.3, -0.25) is 0 Å². The molecule has 0 aliphatic rings. The highest BCUT2D eigenvalue weighted by atomic mass is 15.1. The lowest BCUT2D eigenvalue weighted by Gasteiger charge is -2.29. The Morgan fingerprint density at radius 2 is 0.855 bits per heavy atom. The summed E-state index contributed by atoms with van der Waals surface area (Å²) in [5.41, 5.74) is -4.97. The maximum atomic E-state index is 9.98.